The van der Waals surface area contributed by atoms with Crippen molar-refractivity contribution in [3.05, 3.63) is 29.3 Å². The lowest BCUT2D eigenvalue weighted by molar-refractivity contribution is 0.156. The predicted octanol–water partition coefficient (Wildman–Crippen LogP) is 6.55. The lowest BCUT2D eigenvalue weighted by Gasteiger charge is -2.38. The Hall–Kier alpha value is -1.12. The van der Waals surface area contributed by atoms with Gasteiger partial charge in [0.15, 0.2) is 11.6 Å². The zero-order chi connectivity index (χ0) is 17.1. The molecule has 24 heavy (non-hydrogen) atoms. The van der Waals surface area contributed by atoms with E-state index < -0.39 is 17.4 Å². The van der Waals surface area contributed by atoms with E-state index in [1.165, 1.54) is 44.6 Å². The number of benzene rings is 1. The second-order valence-corrected chi connectivity index (χ2v) is 7.98. The van der Waals surface area contributed by atoms with Crippen LogP contribution in [0.2, 0.25) is 0 Å². The molecule has 1 aromatic carbocycles. The van der Waals surface area contributed by atoms with Crippen molar-refractivity contribution < 1.29 is 13.9 Å². The molecular weight excluding hydrogens is 306 g/mol. The molecule has 0 unspecified atom stereocenters. The van der Waals surface area contributed by atoms with Crippen molar-refractivity contribution in [3.8, 4) is 5.75 Å². The summed E-state index contributed by atoms with van der Waals surface area (Å²) in [5.74, 6) is 0.134. The fourth-order valence-electron chi connectivity index (χ4n) is 5.13. The van der Waals surface area contributed by atoms with Crippen molar-refractivity contribution in [2.45, 2.75) is 77.0 Å². The SMILES string of the molecule is CCCC1CCC(C2CCC(c3ccc(O)c(F)c3F)CC2)CC1. The monoisotopic (exact) mass is 336 g/mol. The highest BCUT2D eigenvalue weighted by Crippen LogP contribution is 2.45. The van der Waals surface area contributed by atoms with Crippen LogP contribution in [0.15, 0.2) is 12.1 Å². The summed E-state index contributed by atoms with van der Waals surface area (Å²) < 4.78 is 27.7. The largest absolute Gasteiger partial charge is 0.505 e. The molecule has 2 fully saturated rings. The number of phenolic OH excluding ortho intramolecular Hbond substituents is 1. The number of hydrogen-bond donors (Lipinski definition) is 1. The van der Waals surface area contributed by atoms with Gasteiger partial charge in [-0.05, 0) is 73.8 Å². The molecule has 0 aromatic heterocycles. The van der Waals surface area contributed by atoms with Gasteiger partial charge in [0.25, 0.3) is 0 Å². The molecule has 0 atom stereocenters. The fourth-order valence-corrected chi connectivity index (χ4v) is 5.13. The van der Waals surface area contributed by atoms with Gasteiger partial charge in [-0.2, -0.15) is 4.39 Å². The molecule has 2 saturated carbocycles. The van der Waals surface area contributed by atoms with Crippen LogP contribution in [0.5, 0.6) is 5.75 Å². The summed E-state index contributed by atoms with van der Waals surface area (Å²) in [4.78, 5) is 0. The van der Waals surface area contributed by atoms with E-state index in [1.54, 1.807) is 6.07 Å². The average molecular weight is 336 g/mol. The minimum absolute atomic E-state index is 0.104. The quantitative estimate of drug-likeness (QED) is 0.661. The van der Waals surface area contributed by atoms with E-state index in [2.05, 4.69) is 6.92 Å². The van der Waals surface area contributed by atoms with E-state index in [0.717, 1.165) is 43.4 Å². The normalized spacial score (nSPS) is 31.1. The number of halogens is 2. The predicted molar refractivity (Wildman–Crippen MR) is 93.1 cm³/mol. The van der Waals surface area contributed by atoms with E-state index in [-0.39, 0.29) is 5.92 Å². The van der Waals surface area contributed by atoms with E-state index in [0.29, 0.717) is 5.56 Å². The van der Waals surface area contributed by atoms with Gasteiger partial charge in [-0.1, -0.05) is 38.7 Å². The van der Waals surface area contributed by atoms with Gasteiger partial charge in [-0.3, -0.25) is 0 Å². The molecule has 2 aliphatic carbocycles. The molecule has 0 amide bonds. The first-order chi connectivity index (χ1) is 11.6. The number of aromatic hydroxyl groups is 1. The Balaban J connectivity index is 1.54. The van der Waals surface area contributed by atoms with Gasteiger partial charge >= 0.3 is 0 Å². The minimum atomic E-state index is -1.09. The Morgan fingerprint density at radius 2 is 1.46 bits per heavy atom. The van der Waals surface area contributed by atoms with E-state index in [4.69, 9.17) is 0 Å². The maximum absolute atomic E-state index is 14.1. The second kappa shape index (κ2) is 7.84. The van der Waals surface area contributed by atoms with Crippen LogP contribution in [0.4, 0.5) is 8.78 Å². The molecule has 0 heterocycles. The first-order valence-corrected chi connectivity index (χ1v) is 9.77. The topological polar surface area (TPSA) is 20.2 Å². The van der Waals surface area contributed by atoms with Crippen molar-refractivity contribution in [2.24, 2.45) is 17.8 Å². The smallest absolute Gasteiger partial charge is 0.200 e. The fraction of sp³-hybridized carbons (Fsp3) is 0.714. The van der Waals surface area contributed by atoms with Crippen LogP contribution in [0.3, 0.4) is 0 Å². The molecular formula is C21H30F2O. The summed E-state index contributed by atoms with van der Waals surface area (Å²) in [6, 6.07) is 2.85. The molecule has 1 N–H and O–H groups in total. The maximum atomic E-state index is 14.1. The van der Waals surface area contributed by atoms with Crippen LogP contribution >= 0.6 is 0 Å². The van der Waals surface area contributed by atoms with Gasteiger partial charge in [0.1, 0.15) is 0 Å². The zero-order valence-electron chi connectivity index (χ0n) is 14.7. The minimum Gasteiger partial charge on any atom is -0.505 e. The molecule has 3 rings (SSSR count). The van der Waals surface area contributed by atoms with Gasteiger partial charge in [-0.15, -0.1) is 0 Å². The Labute approximate surface area is 144 Å². The third kappa shape index (κ3) is 3.75. The second-order valence-electron chi connectivity index (χ2n) is 7.98. The van der Waals surface area contributed by atoms with E-state index in [9.17, 15) is 13.9 Å². The van der Waals surface area contributed by atoms with E-state index >= 15 is 0 Å². The number of phenols is 1. The highest BCUT2D eigenvalue weighted by atomic mass is 19.2. The standard InChI is InChI=1S/C21H30F2O/c1-2-3-14-4-6-15(7-5-14)16-8-10-17(11-9-16)18-12-13-19(24)21(23)20(18)22/h12-17,24H,2-11H2,1H3. The summed E-state index contributed by atoms with van der Waals surface area (Å²) in [6.07, 6.45) is 12.3. The molecule has 0 saturated heterocycles. The Morgan fingerprint density at radius 3 is 2.04 bits per heavy atom. The first kappa shape index (κ1) is 17.7. The van der Waals surface area contributed by atoms with Gasteiger partial charge in [0, 0.05) is 0 Å². The molecule has 134 valence electrons. The molecule has 1 nitrogen and oxygen atoms in total. The van der Waals surface area contributed by atoms with Crippen molar-refractivity contribution in [3.63, 3.8) is 0 Å². The highest BCUT2D eigenvalue weighted by molar-refractivity contribution is 5.32. The van der Waals surface area contributed by atoms with Crippen LogP contribution in [-0.2, 0) is 0 Å². The summed E-state index contributed by atoms with van der Waals surface area (Å²) in [5, 5.41) is 9.28. The van der Waals surface area contributed by atoms with Crippen molar-refractivity contribution >= 4 is 0 Å². The van der Waals surface area contributed by atoms with Crippen LogP contribution in [0.1, 0.15) is 82.6 Å². The van der Waals surface area contributed by atoms with Gasteiger partial charge in [0.2, 0.25) is 5.82 Å². The molecule has 3 heteroatoms. The van der Waals surface area contributed by atoms with Crippen LogP contribution in [0, 0.1) is 29.4 Å². The van der Waals surface area contributed by atoms with Gasteiger partial charge in [0.05, 0.1) is 0 Å². The van der Waals surface area contributed by atoms with Crippen LogP contribution in [0.25, 0.3) is 0 Å². The van der Waals surface area contributed by atoms with Crippen LogP contribution in [-0.4, -0.2) is 5.11 Å². The highest BCUT2D eigenvalue weighted by Gasteiger charge is 2.32. The summed E-state index contributed by atoms with van der Waals surface area (Å²) in [7, 11) is 0. The molecule has 0 spiro atoms. The summed E-state index contributed by atoms with van der Waals surface area (Å²) in [5.41, 5.74) is 0.454. The molecule has 0 bridgehead atoms. The Morgan fingerprint density at radius 1 is 0.875 bits per heavy atom. The van der Waals surface area contributed by atoms with Crippen LogP contribution < -0.4 is 0 Å². The summed E-state index contributed by atoms with van der Waals surface area (Å²) >= 11 is 0. The molecule has 2 aliphatic rings. The Bertz CT molecular complexity index is 541. The first-order valence-electron chi connectivity index (χ1n) is 9.77. The van der Waals surface area contributed by atoms with Crippen molar-refractivity contribution in [1.82, 2.24) is 0 Å². The molecule has 0 radical (unpaired) electrons. The number of hydrogen-bond acceptors (Lipinski definition) is 1. The van der Waals surface area contributed by atoms with Crippen molar-refractivity contribution in [1.29, 1.82) is 0 Å². The summed E-state index contributed by atoms with van der Waals surface area (Å²) in [6.45, 7) is 2.28. The van der Waals surface area contributed by atoms with E-state index in [1.807, 2.05) is 0 Å². The van der Waals surface area contributed by atoms with Crippen molar-refractivity contribution in [2.75, 3.05) is 0 Å². The zero-order valence-corrected chi connectivity index (χ0v) is 14.7. The lowest BCUT2D eigenvalue weighted by Crippen LogP contribution is -2.25. The molecule has 1 aromatic rings. The molecule has 0 aliphatic heterocycles. The average Bonchev–Trinajstić information content (AvgIpc) is 2.61. The van der Waals surface area contributed by atoms with Gasteiger partial charge < -0.3 is 5.11 Å². The Kier molecular flexibility index (Phi) is 5.78. The number of rotatable bonds is 4. The van der Waals surface area contributed by atoms with Gasteiger partial charge in [-0.25, -0.2) is 4.39 Å². The third-order valence-electron chi connectivity index (χ3n) is 6.56. The lowest BCUT2D eigenvalue weighted by atomic mass is 9.68. The maximum Gasteiger partial charge on any atom is 0.200 e. The third-order valence-corrected chi connectivity index (χ3v) is 6.56.